The van der Waals surface area contributed by atoms with Gasteiger partial charge in [0.05, 0.1) is 11.8 Å². The van der Waals surface area contributed by atoms with Crippen LogP contribution in [0.15, 0.2) is 59.3 Å². The highest BCUT2D eigenvalue weighted by Crippen LogP contribution is 2.22. The summed E-state index contributed by atoms with van der Waals surface area (Å²) in [5.41, 5.74) is 2.31. The van der Waals surface area contributed by atoms with Gasteiger partial charge in [-0.25, -0.2) is 0 Å². The number of nitrogens with zero attached hydrogens (tertiary/aromatic N) is 1. The molecule has 20 heavy (non-hydrogen) atoms. The van der Waals surface area contributed by atoms with Crippen LogP contribution in [0.3, 0.4) is 0 Å². The summed E-state index contributed by atoms with van der Waals surface area (Å²) in [6.45, 7) is 0. The Labute approximate surface area is 118 Å². The molecular formula is C17H18N2O. The second-order valence-corrected chi connectivity index (χ2v) is 4.91. The number of rotatable bonds is 5. The first-order valence-corrected chi connectivity index (χ1v) is 6.91. The Morgan fingerprint density at radius 3 is 2.95 bits per heavy atom. The minimum Gasteiger partial charge on any atom is -0.469 e. The molecule has 0 aliphatic heterocycles. The van der Waals surface area contributed by atoms with Crippen LogP contribution in [0.25, 0.3) is 10.9 Å². The van der Waals surface area contributed by atoms with E-state index in [1.165, 1.54) is 10.9 Å². The van der Waals surface area contributed by atoms with Gasteiger partial charge in [0.25, 0.3) is 0 Å². The second kappa shape index (κ2) is 5.88. The molecule has 0 aliphatic carbocycles. The number of benzene rings is 1. The normalized spacial score (nSPS) is 12.7. The Morgan fingerprint density at radius 2 is 2.15 bits per heavy atom. The van der Waals surface area contributed by atoms with Gasteiger partial charge in [-0.3, -0.25) is 4.98 Å². The molecule has 2 heterocycles. The van der Waals surface area contributed by atoms with E-state index in [0.29, 0.717) is 6.04 Å². The lowest BCUT2D eigenvalue weighted by atomic mass is 10.00. The van der Waals surface area contributed by atoms with Crippen LogP contribution in [-0.2, 0) is 6.42 Å². The van der Waals surface area contributed by atoms with Gasteiger partial charge in [-0.05, 0) is 43.3 Å². The lowest BCUT2D eigenvalue weighted by Crippen LogP contribution is -2.17. The van der Waals surface area contributed by atoms with Crippen LogP contribution in [-0.4, -0.2) is 12.0 Å². The molecule has 0 saturated carbocycles. The van der Waals surface area contributed by atoms with E-state index < -0.39 is 0 Å². The van der Waals surface area contributed by atoms with Gasteiger partial charge < -0.3 is 9.73 Å². The number of fused-ring (bicyclic) bond motifs is 1. The number of aromatic nitrogens is 1. The highest BCUT2D eigenvalue weighted by atomic mass is 16.3. The predicted octanol–water partition coefficient (Wildman–Crippen LogP) is 3.72. The average Bonchev–Trinajstić information content (AvgIpc) is 3.01. The van der Waals surface area contributed by atoms with Gasteiger partial charge >= 0.3 is 0 Å². The summed E-state index contributed by atoms with van der Waals surface area (Å²) in [4.78, 5) is 4.42. The Morgan fingerprint density at radius 1 is 1.20 bits per heavy atom. The van der Waals surface area contributed by atoms with Crippen molar-refractivity contribution in [1.29, 1.82) is 0 Å². The van der Waals surface area contributed by atoms with E-state index in [9.17, 15) is 0 Å². The summed E-state index contributed by atoms with van der Waals surface area (Å²) in [5.74, 6) is 1.03. The number of furan rings is 1. The zero-order valence-corrected chi connectivity index (χ0v) is 11.5. The van der Waals surface area contributed by atoms with Gasteiger partial charge in [-0.15, -0.1) is 0 Å². The first-order chi connectivity index (χ1) is 9.86. The Kier molecular flexibility index (Phi) is 3.79. The predicted molar refractivity (Wildman–Crippen MR) is 80.6 cm³/mol. The molecule has 0 fully saturated rings. The van der Waals surface area contributed by atoms with Crippen LogP contribution in [0.4, 0.5) is 0 Å². The SMILES string of the molecule is CNC(CCc1ccco1)c1ccc2cccnc2c1. The van der Waals surface area contributed by atoms with Crippen molar-refractivity contribution in [2.24, 2.45) is 0 Å². The third kappa shape index (κ3) is 2.73. The molecule has 2 aromatic heterocycles. The fourth-order valence-corrected chi connectivity index (χ4v) is 2.52. The molecule has 0 radical (unpaired) electrons. The Bertz CT molecular complexity index is 676. The summed E-state index contributed by atoms with van der Waals surface area (Å²) in [6.07, 6.45) is 5.49. The summed E-state index contributed by atoms with van der Waals surface area (Å²) >= 11 is 0. The lowest BCUT2D eigenvalue weighted by molar-refractivity contribution is 0.469. The zero-order chi connectivity index (χ0) is 13.8. The fraction of sp³-hybridized carbons (Fsp3) is 0.235. The maximum atomic E-state index is 5.39. The molecule has 3 heteroatoms. The molecule has 102 valence electrons. The maximum Gasteiger partial charge on any atom is 0.103 e. The third-order valence-electron chi connectivity index (χ3n) is 3.64. The van der Waals surface area contributed by atoms with Crippen LogP contribution in [0, 0.1) is 0 Å². The summed E-state index contributed by atoms with van der Waals surface area (Å²) in [6, 6.07) is 14.8. The first-order valence-electron chi connectivity index (χ1n) is 6.91. The van der Waals surface area contributed by atoms with E-state index in [1.54, 1.807) is 6.26 Å². The number of hydrogen-bond donors (Lipinski definition) is 1. The number of aryl methyl sites for hydroxylation is 1. The van der Waals surface area contributed by atoms with E-state index in [4.69, 9.17) is 4.42 Å². The van der Waals surface area contributed by atoms with E-state index >= 15 is 0 Å². The summed E-state index contributed by atoms with van der Waals surface area (Å²) in [5, 5.41) is 4.55. The molecule has 1 N–H and O–H groups in total. The Balaban J connectivity index is 1.79. The van der Waals surface area contributed by atoms with Crippen molar-refractivity contribution >= 4 is 10.9 Å². The zero-order valence-electron chi connectivity index (χ0n) is 11.5. The number of nitrogens with one attached hydrogen (secondary N) is 1. The standard InChI is InChI=1S/C17H18N2O/c1-18-16(9-8-15-5-3-11-20-15)14-7-6-13-4-2-10-19-17(13)12-14/h2-7,10-12,16,18H,8-9H2,1H3. The topological polar surface area (TPSA) is 38.1 Å². The molecule has 0 saturated heterocycles. The largest absolute Gasteiger partial charge is 0.469 e. The van der Waals surface area contributed by atoms with Crippen LogP contribution >= 0.6 is 0 Å². The molecule has 3 rings (SSSR count). The molecule has 1 atom stereocenters. The first kappa shape index (κ1) is 12.9. The number of pyridine rings is 1. The smallest absolute Gasteiger partial charge is 0.103 e. The van der Waals surface area contributed by atoms with Crippen molar-refractivity contribution in [2.75, 3.05) is 7.05 Å². The van der Waals surface area contributed by atoms with E-state index in [1.807, 2.05) is 31.4 Å². The summed E-state index contributed by atoms with van der Waals surface area (Å²) < 4.78 is 5.39. The van der Waals surface area contributed by atoms with E-state index in [-0.39, 0.29) is 0 Å². The molecule has 0 amide bonds. The molecule has 0 aliphatic rings. The molecule has 1 unspecified atom stereocenters. The average molecular weight is 266 g/mol. The third-order valence-corrected chi connectivity index (χ3v) is 3.64. The van der Waals surface area contributed by atoms with E-state index in [0.717, 1.165) is 24.1 Å². The van der Waals surface area contributed by atoms with Crippen molar-refractivity contribution in [2.45, 2.75) is 18.9 Å². The minimum absolute atomic E-state index is 0.312. The van der Waals surface area contributed by atoms with Crippen LogP contribution in [0.2, 0.25) is 0 Å². The van der Waals surface area contributed by atoms with Crippen molar-refractivity contribution in [1.82, 2.24) is 10.3 Å². The highest BCUT2D eigenvalue weighted by Gasteiger charge is 2.11. The molecule has 3 nitrogen and oxygen atoms in total. The number of hydrogen-bond acceptors (Lipinski definition) is 3. The summed E-state index contributed by atoms with van der Waals surface area (Å²) in [7, 11) is 2.00. The molecule has 0 spiro atoms. The van der Waals surface area contributed by atoms with Crippen molar-refractivity contribution in [3.8, 4) is 0 Å². The van der Waals surface area contributed by atoms with Crippen LogP contribution in [0.5, 0.6) is 0 Å². The van der Waals surface area contributed by atoms with Gasteiger partial charge in [0.15, 0.2) is 0 Å². The van der Waals surface area contributed by atoms with Crippen molar-refractivity contribution in [3.63, 3.8) is 0 Å². The van der Waals surface area contributed by atoms with Crippen LogP contribution in [0.1, 0.15) is 23.8 Å². The van der Waals surface area contributed by atoms with Gasteiger partial charge in [0, 0.05) is 24.0 Å². The fourth-order valence-electron chi connectivity index (χ4n) is 2.52. The lowest BCUT2D eigenvalue weighted by Gasteiger charge is -2.16. The van der Waals surface area contributed by atoms with Gasteiger partial charge in [-0.1, -0.05) is 18.2 Å². The molecule has 3 aromatic rings. The van der Waals surface area contributed by atoms with Gasteiger partial charge in [0.1, 0.15) is 5.76 Å². The minimum atomic E-state index is 0.312. The van der Waals surface area contributed by atoms with Gasteiger partial charge in [-0.2, -0.15) is 0 Å². The van der Waals surface area contributed by atoms with Crippen molar-refractivity contribution in [3.05, 3.63) is 66.2 Å². The van der Waals surface area contributed by atoms with E-state index in [2.05, 4.69) is 34.6 Å². The molecular weight excluding hydrogens is 248 g/mol. The van der Waals surface area contributed by atoms with Crippen LogP contribution < -0.4 is 5.32 Å². The monoisotopic (exact) mass is 266 g/mol. The molecule has 1 aromatic carbocycles. The highest BCUT2D eigenvalue weighted by molar-refractivity contribution is 5.78. The quantitative estimate of drug-likeness (QED) is 0.764. The van der Waals surface area contributed by atoms with Gasteiger partial charge in [0.2, 0.25) is 0 Å². The van der Waals surface area contributed by atoms with Crippen molar-refractivity contribution < 1.29 is 4.42 Å². The second-order valence-electron chi connectivity index (χ2n) is 4.91. The Hall–Kier alpha value is -2.13. The maximum absolute atomic E-state index is 5.39. The molecule has 0 bridgehead atoms.